The van der Waals surface area contributed by atoms with Crippen LogP contribution in [0.3, 0.4) is 0 Å². The minimum Gasteiger partial charge on any atom is -0.328 e. The third kappa shape index (κ3) is 2.35. The van der Waals surface area contributed by atoms with Crippen LogP contribution in [0.25, 0.3) is 0 Å². The highest BCUT2D eigenvalue weighted by Crippen LogP contribution is 2.26. The van der Waals surface area contributed by atoms with E-state index >= 15 is 0 Å². The number of rotatable bonds is 2. The van der Waals surface area contributed by atoms with Crippen molar-refractivity contribution in [2.24, 2.45) is 18.7 Å². The number of hydrogen-bond acceptors (Lipinski definition) is 2. The van der Waals surface area contributed by atoms with Crippen molar-refractivity contribution in [3.63, 3.8) is 0 Å². The zero-order valence-electron chi connectivity index (χ0n) is 8.82. The van der Waals surface area contributed by atoms with Gasteiger partial charge in [-0.25, -0.2) is 0 Å². The standard InChI is InChI=1S/C11H19N3/c1-14-8-10(7-13-14)6-9-2-4-11(12)5-3-9/h7-9,11H,2-6,12H2,1H3. The van der Waals surface area contributed by atoms with Crippen LogP contribution in [0.15, 0.2) is 12.4 Å². The molecule has 0 spiro atoms. The Hall–Kier alpha value is -0.830. The fourth-order valence-corrected chi connectivity index (χ4v) is 2.30. The Labute approximate surface area is 85.3 Å². The van der Waals surface area contributed by atoms with E-state index in [-0.39, 0.29) is 0 Å². The molecule has 78 valence electrons. The van der Waals surface area contributed by atoms with Crippen LogP contribution in [-0.2, 0) is 13.5 Å². The molecule has 0 saturated heterocycles. The van der Waals surface area contributed by atoms with Gasteiger partial charge in [-0.3, -0.25) is 4.68 Å². The van der Waals surface area contributed by atoms with Gasteiger partial charge in [-0.05, 0) is 43.6 Å². The zero-order valence-corrected chi connectivity index (χ0v) is 8.82. The first-order valence-corrected chi connectivity index (χ1v) is 5.47. The molecule has 2 rings (SSSR count). The molecule has 3 heteroatoms. The summed E-state index contributed by atoms with van der Waals surface area (Å²) in [6.07, 6.45) is 10.3. The lowest BCUT2D eigenvalue weighted by atomic mass is 9.83. The second kappa shape index (κ2) is 4.13. The summed E-state index contributed by atoms with van der Waals surface area (Å²) >= 11 is 0. The van der Waals surface area contributed by atoms with Gasteiger partial charge in [-0.15, -0.1) is 0 Å². The SMILES string of the molecule is Cn1cc(CC2CCC(N)CC2)cn1. The van der Waals surface area contributed by atoms with Crippen LogP contribution in [0, 0.1) is 5.92 Å². The van der Waals surface area contributed by atoms with Gasteiger partial charge in [0.05, 0.1) is 6.20 Å². The van der Waals surface area contributed by atoms with Crippen molar-refractivity contribution in [2.45, 2.75) is 38.1 Å². The van der Waals surface area contributed by atoms with E-state index in [2.05, 4.69) is 11.3 Å². The lowest BCUT2D eigenvalue weighted by molar-refractivity contribution is 0.325. The van der Waals surface area contributed by atoms with Gasteiger partial charge in [-0.2, -0.15) is 5.10 Å². The Kier molecular flexibility index (Phi) is 2.87. The van der Waals surface area contributed by atoms with E-state index in [0.717, 1.165) is 5.92 Å². The largest absolute Gasteiger partial charge is 0.328 e. The van der Waals surface area contributed by atoms with E-state index in [1.165, 1.54) is 37.7 Å². The van der Waals surface area contributed by atoms with Crippen LogP contribution in [0.5, 0.6) is 0 Å². The fourth-order valence-electron chi connectivity index (χ4n) is 2.30. The van der Waals surface area contributed by atoms with Crippen molar-refractivity contribution in [3.05, 3.63) is 18.0 Å². The van der Waals surface area contributed by atoms with E-state index in [9.17, 15) is 0 Å². The molecule has 1 heterocycles. The number of aromatic nitrogens is 2. The predicted molar refractivity (Wildman–Crippen MR) is 56.8 cm³/mol. The Morgan fingerprint density at radius 1 is 1.43 bits per heavy atom. The Morgan fingerprint density at radius 3 is 2.71 bits per heavy atom. The molecule has 1 fully saturated rings. The molecule has 1 aliphatic rings. The average Bonchev–Trinajstić information content (AvgIpc) is 2.56. The second-order valence-corrected chi connectivity index (χ2v) is 4.51. The fraction of sp³-hybridized carbons (Fsp3) is 0.727. The number of aryl methyl sites for hydroxylation is 1. The molecular weight excluding hydrogens is 174 g/mol. The van der Waals surface area contributed by atoms with E-state index in [1.54, 1.807) is 0 Å². The summed E-state index contributed by atoms with van der Waals surface area (Å²) in [4.78, 5) is 0. The third-order valence-electron chi connectivity index (χ3n) is 3.17. The van der Waals surface area contributed by atoms with Crippen LogP contribution >= 0.6 is 0 Å². The lowest BCUT2D eigenvalue weighted by Crippen LogP contribution is -2.27. The minimum atomic E-state index is 0.458. The molecule has 0 radical (unpaired) electrons. The molecule has 0 atom stereocenters. The smallest absolute Gasteiger partial charge is 0.0521 e. The molecule has 14 heavy (non-hydrogen) atoms. The first kappa shape index (κ1) is 9.71. The summed E-state index contributed by atoms with van der Waals surface area (Å²) < 4.78 is 1.88. The Bertz CT molecular complexity index is 284. The monoisotopic (exact) mass is 193 g/mol. The van der Waals surface area contributed by atoms with Gasteiger partial charge in [-0.1, -0.05) is 0 Å². The molecule has 0 aliphatic heterocycles. The zero-order chi connectivity index (χ0) is 9.97. The van der Waals surface area contributed by atoms with Gasteiger partial charge in [0.2, 0.25) is 0 Å². The van der Waals surface area contributed by atoms with Crippen LogP contribution in [0.1, 0.15) is 31.2 Å². The molecule has 1 aromatic heterocycles. The highest BCUT2D eigenvalue weighted by Gasteiger charge is 2.18. The number of hydrogen-bond donors (Lipinski definition) is 1. The van der Waals surface area contributed by atoms with Crippen LogP contribution in [0.2, 0.25) is 0 Å². The summed E-state index contributed by atoms with van der Waals surface area (Å²) in [7, 11) is 1.97. The van der Waals surface area contributed by atoms with E-state index < -0.39 is 0 Å². The van der Waals surface area contributed by atoms with Crippen LogP contribution in [-0.4, -0.2) is 15.8 Å². The van der Waals surface area contributed by atoms with Crippen molar-refractivity contribution >= 4 is 0 Å². The maximum absolute atomic E-state index is 5.88. The predicted octanol–water partition coefficient (Wildman–Crippen LogP) is 1.48. The molecule has 0 aromatic carbocycles. The van der Waals surface area contributed by atoms with Gasteiger partial charge < -0.3 is 5.73 Å². The molecule has 2 N–H and O–H groups in total. The van der Waals surface area contributed by atoms with Crippen molar-refractivity contribution in [2.75, 3.05) is 0 Å². The quantitative estimate of drug-likeness (QED) is 0.773. The molecule has 3 nitrogen and oxygen atoms in total. The number of nitrogens with two attached hydrogens (primary N) is 1. The summed E-state index contributed by atoms with van der Waals surface area (Å²) in [5.74, 6) is 0.832. The van der Waals surface area contributed by atoms with E-state index in [1.807, 2.05) is 17.9 Å². The van der Waals surface area contributed by atoms with Crippen LogP contribution < -0.4 is 5.73 Å². The van der Waals surface area contributed by atoms with Gasteiger partial charge >= 0.3 is 0 Å². The van der Waals surface area contributed by atoms with Crippen molar-refractivity contribution in [1.29, 1.82) is 0 Å². The first-order valence-electron chi connectivity index (χ1n) is 5.47. The summed E-state index contributed by atoms with van der Waals surface area (Å²) in [5.41, 5.74) is 7.25. The van der Waals surface area contributed by atoms with E-state index in [4.69, 9.17) is 5.73 Å². The molecule has 0 amide bonds. The molecule has 0 unspecified atom stereocenters. The van der Waals surface area contributed by atoms with Gasteiger partial charge in [0, 0.05) is 19.3 Å². The van der Waals surface area contributed by atoms with E-state index in [0.29, 0.717) is 6.04 Å². The minimum absolute atomic E-state index is 0.458. The molecular formula is C11H19N3. The van der Waals surface area contributed by atoms with Crippen molar-refractivity contribution in [1.82, 2.24) is 9.78 Å². The molecule has 1 saturated carbocycles. The lowest BCUT2D eigenvalue weighted by Gasteiger charge is -2.25. The molecule has 1 aliphatic carbocycles. The second-order valence-electron chi connectivity index (χ2n) is 4.51. The van der Waals surface area contributed by atoms with Gasteiger partial charge in [0.1, 0.15) is 0 Å². The van der Waals surface area contributed by atoms with Crippen molar-refractivity contribution < 1.29 is 0 Å². The summed E-state index contributed by atoms with van der Waals surface area (Å²) in [6.45, 7) is 0. The third-order valence-corrected chi connectivity index (χ3v) is 3.17. The average molecular weight is 193 g/mol. The Morgan fingerprint density at radius 2 is 2.14 bits per heavy atom. The maximum atomic E-state index is 5.88. The molecule has 0 bridgehead atoms. The van der Waals surface area contributed by atoms with Gasteiger partial charge in [0.25, 0.3) is 0 Å². The van der Waals surface area contributed by atoms with Crippen molar-refractivity contribution in [3.8, 4) is 0 Å². The first-order chi connectivity index (χ1) is 6.74. The highest BCUT2D eigenvalue weighted by molar-refractivity contribution is 5.05. The topological polar surface area (TPSA) is 43.8 Å². The highest BCUT2D eigenvalue weighted by atomic mass is 15.2. The maximum Gasteiger partial charge on any atom is 0.0521 e. The summed E-state index contributed by atoms with van der Waals surface area (Å²) in [5, 5.41) is 4.19. The normalized spacial score (nSPS) is 27.9. The van der Waals surface area contributed by atoms with Gasteiger partial charge in [0.15, 0.2) is 0 Å². The molecule has 1 aromatic rings. The summed E-state index contributed by atoms with van der Waals surface area (Å²) in [6, 6.07) is 0.458. The Balaban J connectivity index is 1.86. The number of nitrogens with zero attached hydrogens (tertiary/aromatic N) is 2. The van der Waals surface area contributed by atoms with Crippen LogP contribution in [0.4, 0.5) is 0 Å².